The number of nitrogens with zero attached hydrogens (tertiary/aromatic N) is 1. The van der Waals surface area contributed by atoms with Gasteiger partial charge in [-0.3, -0.25) is 9.59 Å². The smallest absolute Gasteiger partial charge is 0.267 e. The topological polar surface area (TPSA) is 77.1 Å². The monoisotopic (exact) mass is 315 g/mol. The zero-order valence-corrected chi connectivity index (χ0v) is 12.2. The molecule has 5 nitrogen and oxygen atoms in total. The molecule has 100 valence electrons. The number of aromatic nitrogens is 1. The predicted molar refractivity (Wildman–Crippen MR) is 73.3 cm³/mol. The normalized spacial score (nSPS) is 10.7. The highest BCUT2D eigenvalue weighted by Crippen LogP contribution is 2.19. The minimum absolute atomic E-state index is 0.140. The summed E-state index contributed by atoms with van der Waals surface area (Å²) >= 11 is 3.36. The van der Waals surface area contributed by atoms with Gasteiger partial charge in [0, 0.05) is 29.7 Å². The molecule has 1 rings (SSSR count). The molecule has 0 aliphatic carbocycles. The van der Waals surface area contributed by atoms with E-state index in [1.165, 1.54) is 0 Å². The molecular formula is C12H18BrN3O2. The van der Waals surface area contributed by atoms with Crippen molar-refractivity contribution in [3.63, 3.8) is 0 Å². The molecule has 0 unspecified atom stereocenters. The third kappa shape index (κ3) is 4.18. The number of carbonyl (C=O) groups is 2. The Hall–Kier alpha value is -1.30. The lowest BCUT2D eigenvalue weighted by Gasteiger charge is -2.12. The van der Waals surface area contributed by atoms with Gasteiger partial charge in [-0.25, -0.2) is 0 Å². The van der Waals surface area contributed by atoms with E-state index in [0.717, 1.165) is 4.47 Å². The molecule has 0 fully saturated rings. The van der Waals surface area contributed by atoms with Crippen LogP contribution in [0, 0.1) is 0 Å². The van der Waals surface area contributed by atoms with E-state index in [-0.39, 0.29) is 24.3 Å². The number of halogens is 1. The third-order valence-corrected chi connectivity index (χ3v) is 2.92. The van der Waals surface area contributed by atoms with Crippen molar-refractivity contribution in [2.24, 2.45) is 5.73 Å². The Morgan fingerprint density at radius 1 is 1.50 bits per heavy atom. The summed E-state index contributed by atoms with van der Waals surface area (Å²) in [5.74, 6) is -0.489. The average molecular weight is 316 g/mol. The molecule has 0 aromatic carbocycles. The molecule has 0 atom stereocenters. The standard InChI is InChI=1S/C12H18BrN3O2/c1-8(2)16-7-9(13)6-10(16)12(18)15-5-3-4-11(14)17/h6-8H,3-5H2,1-2H3,(H2,14,17)(H,15,18). The number of carbonyl (C=O) groups excluding carboxylic acids is 2. The van der Waals surface area contributed by atoms with E-state index >= 15 is 0 Å². The van der Waals surface area contributed by atoms with Gasteiger partial charge in [0.15, 0.2) is 0 Å². The number of primary amides is 1. The Balaban J connectivity index is 2.58. The molecule has 0 bridgehead atoms. The van der Waals surface area contributed by atoms with Crippen LogP contribution in [0.25, 0.3) is 0 Å². The highest BCUT2D eigenvalue weighted by Gasteiger charge is 2.14. The van der Waals surface area contributed by atoms with Gasteiger partial charge in [-0.05, 0) is 42.3 Å². The quantitative estimate of drug-likeness (QED) is 0.786. The molecule has 0 saturated carbocycles. The van der Waals surface area contributed by atoms with Crippen LogP contribution < -0.4 is 11.1 Å². The molecule has 1 aromatic heterocycles. The molecule has 0 spiro atoms. The lowest BCUT2D eigenvalue weighted by atomic mass is 10.3. The first-order valence-electron chi connectivity index (χ1n) is 5.85. The number of hydrogen-bond acceptors (Lipinski definition) is 2. The van der Waals surface area contributed by atoms with Crippen molar-refractivity contribution in [2.75, 3.05) is 6.54 Å². The van der Waals surface area contributed by atoms with Gasteiger partial charge in [-0.2, -0.15) is 0 Å². The summed E-state index contributed by atoms with van der Waals surface area (Å²) in [5.41, 5.74) is 5.63. The van der Waals surface area contributed by atoms with E-state index in [4.69, 9.17) is 5.73 Å². The molecule has 1 heterocycles. The lowest BCUT2D eigenvalue weighted by molar-refractivity contribution is -0.118. The van der Waals surface area contributed by atoms with Gasteiger partial charge in [0.2, 0.25) is 5.91 Å². The molecule has 0 saturated heterocycles. The van der Waals surface area contributed by atoms with E-state index in [0.29, 0.717) is 18.7 Å². The fourth-order valence-electron chi connectivity index (χ4n) is 1.61. The summed E-state index contributed by atoms with van der Waals surface area (Å²) < 4.78 is 2.77. The van der Waals surface area contributed by atoms with Crippen molar-refractivity contribution in [3.05, 3.63) is 22.4 Å². The highest BCUT2D eigenvalue weighted by atomic mass is 79.9. The molecular weight excluding hydrogens is 298 g/mol. The van der Waals surface area contributed by atoms with Crippen molar-refractivity contribution in [1.82, 2.24) is 9.88 Å². The maximum Gasteiger partial charge on any atom is 0.267 e. The van der Waals surface area contributed by atoms with Gasteiger partial charge >= 0.3 is 0 Å². The maximum absolute atomic E-state index is 12.0. The van der Waals surface area contributed by atoms with E-state index in [1.54, 1.807) is 6.07 Å². The van der Waals surface area contributed by atoms with E-state index in [1.807, 2.05) is 24.6 Å². The van der Waals surface area contributed by atoms with Crippen molar-refractivity contribution in [2.45, 2.75) is 32.7 Å². The largest absolute Gasteiger partial charge is 0.370 e. The van der Waals surface area contributed by atoms with Crippen molar-refractivity contribution < 1.29 is 9.59 Å². The first-order valence-corrected chi connectivity index (χ1v) is 6.65. The zero-order valence-electron chi connectivity index (χ0n) is 10.6. The molecule has 2 amide bonds. The predicted octanol–water partition coefficient (Wildman–Crippen LogP) is 1.83. The fourth-order valence-corrected chi connectivity index (χ4v) is 2.05. The SMILES string of the molecule is CC(C)n1cc(Br)cc1C(=O)NCCCC(N)=O. The van der Waals surface area contributed by atoms with Crippen molar-refractivity contribution >= 4 is 27.7 Å². The van der Waals surface area contributed by atoms with E-state index < -0.39 is 0 Å². The minimum atomic E-state index is -0.349. The highest BCUT2D eigenvalue weighted by molar-refractivity contribution is 9.10. The second-order valence-corrected chi connectivity index (χ2v) is 5.29. The summed E-state index contributed by atoms with van der Waals surface area (Å²) in [6.45, 7) is 4.47. The van der Waals surface area contributed by atoms with Crippen LogP contribution in [-0.4, -0.2) is 22.9 Å². The maximum atomic E-state index is 12.0. The van der Waals surface area contributed by atoms with Crippen molar-refractivity contribution in [1.29, 1.82) is 0 Å². The number of rotatable bonds is 6. The first kappa shape index (κ1) is 14.8. The summed E-state index contributed by atoms with van der Waals surface area (Å²) in [6.07, 6.45) is 2.72. The molecule has 18 heavy (non-hydrogen) atoms. The Bertz CT molecular complexity index is 441. The molecule has 1 aromatic rings. The average Bonchev–Trinajstić information content (AvgIpc) is 2.66. The third-order valence-electron chi connectivity index (χ3n) is 2.49. The summed E-state index contributed by atoms with van der Waals surface area (Å²) in [7, 11) is 0. The molecule has 0 aliphatic heterocycles. The zero-order chi connectivity index (χ0) is 13.7. The first-order chi connectivity index (χ1) is 8.41. The Morgan fingerprint density at radius 2 is 2.17 bits per heavy atom. The number of nitrogens with one attached hydrogen (secondary N) is 1. The summed E-state index contributed by atoms with van der Waals surface area (Å²) in [5, 5.41) is 2.77. The van der Waals surface area contributed by atoms with Crippen LogP contribution in [0.2, 0.25) is 0 Å². The number of hydrogen-bond donors (Lipinski definition) is 2. The van der Waals surface area contributed by atoms with E-state index in [2.05, 4.69) is 21.2 Å². The molecule has 0 aliphatic rings. The van der Waals surface area contributed by atoms with Crippen LogP contribution in [0.4, 0.5) is 0 Å². The van der Waals surface area contributed by atoms with Crippen LogP contribution in [-0.2, 0) is 4.79 Å². The van der Waals surface area contributed by atoms with Crippen LogP contribution in [0.5, 0.6) is 0 Å². The van der Waals surface area contributed by atoms with Gasteiger partial charge in [0.25, 0.3) is 5.91 Å². The Morgan fingerprint density at radius 3 is 2.72 bits per heavy atom. The van der Waals surface area contributed by atoms with Crippen LogP contribution in [0.3, 0.4) is 0 Å². The molecule has 3 N–H and O–H groups in total. The number of amides is 2. The van der Waals surface area contributed by atoms with Gasteiger partial charge < -0.3 is 15.6 Å². The van der Waals surface area contributed by atoms with E-state index in [9.17, 15) is 9.59 Å². The fraction of sp³-hybridized carbons (Fsp3) is 0.500. The Labute approximate surface area is 115 Å². The van der Waals surface area contributed by atoms with Crippen LogP contribution >= 0.6 is 15.9 Å². The number of nitrogens with two attached hydrogens (primary N) is 1. The van der Waals surface area contributed by atoms with Crippen LogP contribution in [0.1, 0.15) is 43.2 Å². The second kappa shape index (κ2) is 6.58. The Kier molecular flexibility index (Phi) is 5.40. The second-order valence-electron chi connectivity index (χ2n) is 4.37. The molecule has 6 heteroatoms. The van der Waals surface area contributed by atoms with Crippen LogP contribution in [0.15, 0.2) is 16.7 Å². The summed E-state index contributed by atoms with van der Waals surface area (Å²) in [4.78, 5) is 22.5. The van der Waals surface area contributed by atoms with Gasteiger partial charge in [-0.1, -0.05) is 0 Å². The van der Waals surface area contributed by atoms with Gasteiger partial charge in [0.1, 0.15) is 5.69 Å². The lowest BCUT2D eigenvalue weighted by Crippen LogP contribution is -2.28. The molecule has 0 radical (unpaired) electrons. The van der Waals surface area contributed by atoms with Gasteiger partial charge in [-0.15, -0.1) is 0 Å². The minimum Gasteiger partial charge on any atom is -0.370 e. The van der Waals surface area contributed by atoms with Gasteiger partial charge in [0.05, 0.1) is 0 Å². The van der Waals surface area contributed by atoms with Crippen molar-refractivity contribution in [3.8, 4) is 0 Å². The summed E-state index contributed by atoms with van der Waals surface area (Å²) in [6, 6.07) is 1.99.